The van der Waals surface area contributed by atoms with E-state index in [4.69, 9.17) is 0 Å². The number of carbonyl (C=O) groups excluding carboxylic acids is 1. The van der Waals surface area contributed by atoms with Gasteiger partial charge in [0.2, 0.25) is 0 Å². The van der Waals surface area contributed by atoms with Crippen LogP contribution in [0.2, 0.25) is 0 Å². The predicted octanol–water partition coefficient (Wildman–Crippen LogP) is 5.62. The zero-order chi connectivity index (χ0) is 22.4. The summed E-state index contributed by atoms with van der Waals surface area (Å²) in [5.41, 5.74) is 5.14. The lowest BCUT2D eigenvalue weighted by Gasteiger charge is -2.35. The molecule has 1 aliphatic rings. The van der Waals surface area contributed by atoms with Crippen LogP contribution >= 0.6 is 15.9 Å². The number of benzene rings is 2. The molecule has 0 saturated heterocycles. The molecule has 162 valence electrons. The Bertz CT molecular complexity index is 1350. The van der Waals surface area contributed by atoms with E-state index in [0.29, 0.717) is 40.0 Å². The van der Waals surface area contributed by atoms with Gasteiger partial charge in [0.25, 0.3) is 5.91 Å². The number of amides is 1. The molecule has 7 heteroatoms. The number of carbonyl (C=O) groups is 1. The second-order valence-electron chi connectivity index (χ2n) is 8.03. The van der Waals surface area contributed by atoms with Crippen LogP contribution in [0, 0.1) is 5.82 Å². The Hall–Kier alpha value is -3.06. The summed E-state index contributed by atoms with van der Waals surface area (Å²) in [4.78, 5) is 20.0. The average molecular weight is 493 g/mol. The minimum Gasteiger partial charge on any atom is -0.330 e. The number of aromatic nitrogens is 3. The molecule has 5 rings (SSSR count). The van der Waals surface area contributed by atoms with Gasteiger partial charge >= 0.3 is 0 Å². The van der Waals surface area contributed by atoms with Gasteiger partial charge in [-0.05, 0) is 55.2 Å². The first kappa shape index (κ1) is 20.8. The highest BCUT2D eigenvalue weighted by molar-refractivity contribution is 9.10. The third kappa shape index (κ3) is 3.50. The Morgan fingerprint density at radius 3 is 2.78 bits per heavy atom. The summed E-state index contributed by atoms with van der Waals surface area (Å²) in [5, 5.41) is 4.58. The van der Waals surface area contributed by atoms with Crippen molar-refractivity contribution in [3.63, 3.8) is 0 Å². The maximum absolute atomic E-state index is 14.5. The van der Waals surface area contributed by atoms with Gasteiger partial charge < -0.3 is 4.90 Å². The van der Waals surface area contributed by atoms with Gasteiger partial charge in [0, 0.05) is 28.3 Å². The van der Waals surface area contributed by atoms with Crippen LogP contribution < -0.4 is 0 Å². The smallest absolute Gasteiger partial charge is 0.273 e. The Morgan fingerprint density at radius 2 is 2.00 bits per heavy atom. The van der Waals surface area contributed by atoms with Crippen molar-refractivity contribution in [2.45, 2.75) is 32.7 Å². The summed E-state index contributed by atoms with van der Waals surface area (Å²) in [5.74, 6) is -0.459. The van der Waals surface area contributed by atoms with Crippen LogP contribution in [0.25, 0.3) is 16.9 Å². The van der Waals surface area contributed by atoms with Gasteiger partial charge in [-0.15, -0.1) is 0 Å². The molecule has 0 N–H and O–H groups in total. The topological polar surface area (TPSA) is 50.5 Å². The third-order valence-electron chi connectivity index (χ3n) is 6.14. The fourth-order valence-electron chi connectivity index (χ4n) is 4.42. The van der Waals surface area contributed by atoms with Gasteiger partial charge in [-0.3, -0.25) is 4.79 Å². The summed E-state index contributed by atoms with van der Waals surface area (Å²) in [6.07, 6.45) is 1.50. The van der Waals surface area contributed by atoms with E-state index in [1.165, 1.54) is 17.2 Å². The maximum Gasteiger partial charge on any atom is 0.273 e. The first-order valence-electron chi connectivity index (χ1n) is 10.7. The van der Waals surface area contributed by atoms with Crippen molar-refractivity contribution >= 4 is 27.5 Å². The van der Waals surface area contributed by atoms with Crippen LogP contribution in [0.4, 0.5) is 4.39 Å². The van der Waals surface area contributed by atoms with Crippen molar-refractivity contribution in [1.29, 1.82) is 0 Å². The quantitative estimate of drug-likeness (QED) is 0.372. The summed E-state index contributed by atoms with van der Waals surface area (Å²) in [6, 6.07) is 16.7. The molecule has 0 radical (unpaired) electrons. The fraction of sp³-hybridized carbons (Fsp3) is 0.240. The monoisotopic (exact) mass is 492 g/mol. The SMILES string of the molecule is CCc1cc(C(=O)N2CCc3ccccc3[C@H]2C)nc2cc(-c3ccc(Br)cc3F)nn12. The molecule has 1 aliphatic heterocycles. The van der Waals surface area contributed by atoms with Crippen molar-refractivity contribution in [3.05, 3.63) is 87.4 Å². The molecule has 0 aliphatic carbocycles. The van der Waals surface area contributed by atoms with E-state index in [1.807, 2.05) is 24.0 Å². The lowest BCUT2D eigenvalue weighted by Crippen LogP contribution is -2.39. The molecule has 32 heavy (non-hydrogen) atoms. The summed E-state index contributed by atoms with van der Waals surface area (Å²) < 4.78 is 16.9. The molecule has 4 aromatic rings. The molecule has 0 bridgehead atoms. The summed E-state index contributed by atoms with van der Waals surface area (Å²) in [7, 11) is 0. The van der Waals surface area contributed by atoms with Crippen LogP contribution in [-0.2, 0) is 12.8 Å². The first-order chi connectivity index (χ1) is 15.5. The van der Waals surface area contributed by atoms with E-state index in [9.17, 15) is 9.18 Å². The van der Waals surface area contributed by atoms with E-state index in [1.54, 1.807) is 28.8 Å². The number of aryl methyl sites for hydroxylation is 1. The normalized spacial score (nSPS) is 15.8. The molecular formula is C25H22BrFN4O. The minimum absolute atomic E-state index is 0.0205. The van der Waals surface area contributed by atoms with Crippen molar-refractivity contribution in [2.75, 3.05) is 6.54 Å². The lowest BCUT2D eigenvalue weighted by atomic mass is 9.93. The molecular weight excluding hydrogens is 471 g/mol. The molecule has 1 atom stereocenters. The molecule has 0 spiro atoms. The summed E-state index contributed by atoms with van der Waals surface area (Å²) >= 11 is 3.28. The highest BCUT2D eigenvalue weighted by Crippen LogP contribution is 2.31. The number of hydrogen-bond acceptors (Lipinski definition) is 3. The van der Waals surface area contributed by atoms with Crippen molar-refractivity contribution in [3.8, 4) is 11.3 Å². The van der Waals surface area contributed by atoms with E-state index < -0.39 is 0 Å². The van der Waals surface area contributed by atoms with Gasteiger partial charge in [0.15, 0.2) is 5.65 Å². The van der Waals surface area contributed by atoms with Crippen LogP contribution in [0.15, 0.2) is 59.1 Å². The number of hydrogen-bond donors (Lipinski definition) is 0. The van der Waals surface area contributed by atoms with Gasteiger partial charge in [0.1, 0.15) is 11.5 Å². The summed E-state index contributed by atoms with van der Waals surface area (Å²) in [6.45, 7) is 4.71. The standard InChI is InChI=1S/C25H22BrFN4O/c1-3-18-13-23(25(32)30-11-10-16-6-4-5-7-19(16)15(30)2)28-24-14-22(29-31(18)24)20-9-8-17(26)12-21(20)27/h4-9,12-15H,3,10-11H2,1-2H3/t15-/m1/s1. The largest absolute Gasteiger partial charge is 0.330 e. The third-order valence-corrected chi connectivity index (χ3v) is 6.64. The number of nitrogens with zero attached hydrogens (tertiary/aromatic N) is 4. The van der Waals surface area contributed by atoms with Crippen LogP contribution in [0.5, 0.6) is 0 Å². The van der Waals surface area contributed by atoms with E-state index >= 15 is 0 Å². The fourth-order valence-corrected chi connectivity index (χ4v) is 4.76. The first-order valence-corrected chi connectivity index (χ1v) is 11.5. The highest BCUT2D eigenvalue weighted by atomic mass is 79.9. The highest BCUT2D eigenvalue weighted by Gasteiger charge is 2.29. The minimum atomic E-state index is -0.363. The molecule has 2 aromatic heterocycles. The van der Waals surface area contributed by atoms with Crippen LogP contribution in [0.1, 0.15) is 47.2 Å². The van der Waals surface area contributed by atoms with Gasteiger partial charge in [-0.2, -0.15) is 5.10 Å². The Morgan fingerprint density at radius 1 is 1.19 bits per heavy atom. The number of rotatable bonds is 3. The van der Waals surface area contributed by atoms with Gasteiger partial charge in [0.05, 0.1) is 11.7 Å². The average Bonchev–Trinajstić information content (AvgIpc) is 3.22. The van der Waals surface area contributed by atoms with Crippen molar-refractivity contribution < 1.29 is 9.18 Å². The number of fused-ring (bicyclic) bond motifs is 2. The Balaban J connectivity index is 1.54. The Kier molecular flexibility index (Phi) is 5.29. The second kappa shape index (κ2) is 8.13. The van der Waals surface area contributed by atoms with Crippen LogP contribution in [-0.4, -0.2) is 31.9 Å². The zero-order valence-electron chi connectivity index (χ0n) is 17.8. The lowest BCUT2D eigenvalue weighted by molar-refractivity contribution is 0.0671. The molecule has 1 amide bonds. The maximum atomic E-state index is 14.5. The molecule has 2 aromatic carbocycles. The van der Waals surface area contributed by atoms with Crippen molar-refractivity contribution in [2.24, 2.45) is 0 Å². The Labute approximate surface area is 194 Å². The van der Waals surface area contributed by atoms with Crippen molar-refractivity contribution in [1.82, 2.24) is 19.5 Å². The number of halogens is 2. The van der Waals surface area contributed by atoms with Gasteiger partial charge in [-0.25, -0.2) is 13.9 Å². The predicted molar refractivity (Wildman–Crippen MR) is 125 cm³/mol. The van der Waals surface area contributed by atoms with E-state index in [2.05, 4.69) is 45.1 Å². The molecule has 5 nitrogen and oxygen atoms in total. The molecule has 0 fully saturated rings. The molecule has 0 saturated carbocycles. The van der Waals surface area contributed by atoms with Gasteiger partial charge in [-0.1, -0.05) is 47.1 Å². The zero-order valence-corrected chi connectivity index (χ0v) is 19.4. The molecule has 3 heterocycles. The second-order valence-corrected chi connectivity index (χ2v) is 8.95. The van der Waals surface area contributed by atoms with E-state index in [-0.39, 0.29) is 17.8 Å². The molecule has 0 unspecified atom stereocenters. The van der Waals surface area contributed by atoms with Crippen LogP contribution in [0.3, 0.4) is 0 Å². The van der Waals surface area contributed by atoms with E-state index in [0.717, 1.165) is 12.1 Å².